The lowest BCUT2D eigenvalue weighted by Gasteiger charge is -2.05. The fourth-order valence-electron chi connectivity index (χ4n) is 1.65. The Kier molecular flexibility index (Phi) is 3.52. The lowest BCUT2D eigenvalue weighted by atomic mass is 10.2. The molecule has 0 atom stereocenters. The Morgan fingerprint density at radius 2 is 2.22 bits per heavy atom. The lowest BCUT2D eigenvalue weighted by Crippen LogP contribution is -2.06. The summed E-state index contributed by atoms with van der Waals surface area (Å²) in [6.07, 6.45) is 4.92. The van der Waals surface area contributed by atoms with Gasteiger partial charge in [0, 0.05) is 18.9 Å². The number of imidazole rings is 1. The van der Waals surface area contributed by atoms with Crippen LogP contribution in [-0.2, 0) is 13.0 Å². The molecule has 94 valence electrons. The Morgan fingerprint density at radius 3 is 2.89 bits per heavy atom. The molecular weight excluding hydrogens is 258 g/mol. The van der Waals surface area contributed by atoms with Crippen molar-refractivity contribution in [1.29, 1.82) is 0 Å². The number of halogens is 1. The molecule has 0 bridgehead atoms. The van der Waals surface area contributed by atoms with Gasteiger partial charge < -0.3 is 4.57 Å². The summed E-state index contributed by atoms with van der Waals surface area (Å²) in [4.78, 5) is 22.1. The fourth-order valence-corrected chi connectivity index (χ4v) is 1.87. The third-order valence-corrected chi connectivity index (χ3v) is 2.78. The molecule has 0 aliphatic carbocycles. The molecule has 0 fully saturated rings. The molecule has 2 rings (SSSR count). The standard InChI is InChI=1S/C10H10ClN5O2/c1-2-15-4-3-12-8(15)5-7-9(16(17)18)10(11)14-6-13-7/h3-4,6H,2,5H2,1H3. The van der Waals surface area contributed by atoms with Crippen molar-refractivity contribution in [2.24, 2.45) is 0 Å². The molecule has 0 unspecified atom stereocenters. The summed E-state index contributed by atoms with van der Waals surface area (Å²) < 4.78 is 1.89. The third kappa shape index (κ3) is 2.30. The third-order valence-electron chi connectivity index (χ3n) is 2.50. The van der Waals surface area contributed by atoms with Crippen molar-refractivity contribution in [2.45, 2.75) is 19.9 Å². The van der Waals surface area contributed by atoms with Crippen molar-refractivity contribution in [3.05, 3.63) is 45.5 Å². The zero-order valence-corrected chi connectivity index (χ0v) is 10.3. The highest BCUT2D eigenvalue weighted by Gasteiger charge is 2.22. The maximum Gasteiger partial charge on any atom is 0.328 e. The van der Waals surface area contributed by atoms with E-state index in [2.05, 4.69) is 15.0 Å². The van der Waals surface area contributed by atoms with E-state index in [-0.39, 0.29) is 23.0 Å². The van der Waals surface area contributed by atoms with Gasteiger partial charge in [0.2, 0.25) is 5.15 Å². The Morgan fingerprint density at radius 1 is 1.44 bits per heavy atom. The van der Waals surface area contributed by atoms with E-state index >= 15 is 0 Å². The van der Waals surface area contributed by atoms with Gasteiger partial charge in [0.1, 0.15) is 17.8 Å². The van der Waals surface area contributed by atoms with Crippen LogP contribution >= 0.6 is 11.6 Å². The predicted octanol–water partition coefficient (Wildman–Crippen LogP) is 1.85. The summed E-state index contributed by atoms with van der Waals surface area (Å²) >= 11 is 5.72. The van der Waals surface area contributed by atoms with Gasteiger partial charge in [-0.2, -0.15) is 0 Å². The van der Waals surface area contributed by atoms with Crippen molar-refractivity contribution in [3.63, 3.8) is 0 Å². The van der Waals surface area contributed by atoms with Crippen molar-refractivity contribution in [1.82, 2.24) is 19.5 Å². The quantitative estimate of drug-likeness (QED) is 0.479. The molecule has 0 aliphatic rings. The second-order valence-corrected chi connectivity index (χ2v) is 3.88. The topological polar surface area (TPSA) is 86.7 Å². The maximum absolute atomic E-state index is 10.9. The number of aromatic nitrogens is 4. The highest BCUT2D eigenvalue weighted by atomic mass is 35.5. The molecule has 2 aromatic rings. The van der Waals surface area contributed by atoms with Crippen LogP contribution in [0.4, 0.5) is 5.69 Å². The van der Waals surface area contributed by atoms with Gasteiger partial charge in [-0.15, -0.1) is 0 Å². The monoisotopic (exact) mass is 267 g/mol. The van der Waals surface area contributed by atoms with Crippen LogP contribution in [0.5, 0.6) is 0 Å². The number of aryl methyl sites for hydroxylation is 1. The normalized spacial score (nSPS) is 10.6. The smallest absolute Gasteiger partial charge is 0.328 e. The van der Waals surface area contributed by atoms with Crippen LogP contribution in [0.25, 0.3) is 0 Å². The first-order valence-corrected chi connectivity index (χ1v) is 5.65. The summed E-state index contributed by atoms with van der Waals surface area (Å²) in [6, 6.07) is 0. The first-order chi connectivity index (χ1) is 8.63. The second-order valence-electron chi connectivity index (χ2n) is 3.52. The van der Waals surface area contributed by atoms with Gasteiger partial charge in [0.05, 0.1) is 11.3 Å². The first kappa shape index (κ1) is 12.4. The van der Waals surface area contributed by atoms with Gasteiger partial charge in [0.25, 0.3) is 0 Å². The van der Waals surface area contributed by atoms with E-state index in [0.29, 0.717) is 5.82 Å². The summed E-state index contributed by atoms with van der Waals surface area (Å²) in [7, 11) is 0. The molecule has 2 heterocycles. The fraction of sp³-hybridized carbons (Fsp3) is 0.300. The largest absolute Gasteiger partial charge is 0.335 e. The van der Waals surface area contributed by atoms with E-state index in [9.17, 15) is 10.1 Å². The zero-order valence-electron chi connectivity index (χ0n) is 9.58. The van der Waals surface area contributed by atoms with Gasteiger partial charge in [0.15, 0.2) is 0 Å². The summed E-state index contributed by atoms with van der Waals surface area (Å²) in [5, 5.41) is 10.8. The molecule has 7 nitrogen and oxygen atoms in total. The van der Waals surface area contributed by atoms with E-state index in [1.54, 1.807) is 6.20 Å². The van der Waals surface area contributed by atoms with Crippen LogP contribution in [-0.4, -0.2) is 24.4 Å². The highest BCUT2D eigenvalue weighted by molar-refractivity contribution is 6.31. The Balaban J connectivity index is 2.41. The van der Waals surface area contributed by atoms with Crippen molar-refractivity contribution >= 4 is 17.3 Å². The molecule has 0 saturated heterocycles. The van der Waals surface area contributed by atoms with Gasteiger partial charge in [-0.3, -0.25) is 10.1 Å². The minimum atomic E-state index is -0.573. The summed E-state index contributed by atoms with van der Waals surface area (Å²) in [6.45, 7) is 2.70. The average molecular weight is 268 g/mol. The summed E-state index contributed by atoms with van der Waals surface area (Å²) in [5.74, 6) is 0.704. The molecule has 2 aromatic heterocycles. The van der Waals surface area contributed by atoms with Gasteiger partial charge in [-0.25, -0.2) is 15.0 Å². The number of hydrogen-bond donors (Lipinski definition) is 0. The molecule has 0 aromatic carbocycles. The van der Waals surface area contributed by atoms with E-state index < -0.39 is 4.92 Å². The number of nitro groups is 1. The van der Waals surface area contributed by atoms with E-state index in [4.69, 9.17) is 11.6 Å². The zero-order chi connectivity index (χ0) is 13.1. The van der Waals surface area contributed by atoms with Crippen LogP contribution < -0.4 is 0 Å². The minimum absolute atomic E-state index is 0.153. The van der Waals surface area contributed by atoms with E-state index in [0.717, 1.165) is 6.54 Å². The molecule has 0 N–H and O–H groups in total. The van der Waals surface area contributed by atoms with Crippen molar-refractivity contribution in [2.75, 3.05) is 0 Å². The van der Waals surface area contributed by atoms with E-state index in [1.165, 1.54) is 6.33 Å². The van der Waals surface area contributed by atoms with Crippen LogP contribution in [0.2, 0.25) is 5.15 Å². The minimum Gasteiger partial charge on any atom is -0.335 e. The Bertz CT molecular complexity index is 583. The molecule has 8 heteroatoms. The van der Waals surface area contributed by atoms with Crippen molar-refractivity contribution < 1.29 is 4.92 Å². The maximum atomic E-state index is 10.9. The molecule has 0 aliphatic heterocycles. The molecule has 0 amide bonds. The molecule has 0 radical (unpaired) electrons. The number of nitrogens with zero attached hydrogens (tertiary/aromatic N) is 5. The average Bonchev–Trinajstić information content (AvgIpc) is 2.76. The highest BCUT2D eigenvalue weighted by Crippen LogP contribution is 2.25. The Labute approximate surface area is 108 Å². The van der Waals surface area contributed by atoms with Crippen LogP contribution in [0.1, 0.15) is 18.4 Å². The predicted molar refractivity (Wildman–Crippen MR) is 64.4 cm³/mol. The van der Waals surface area contributed by atoms with Crippen LogP contribution in [0.3, 0.4) is 0 Å². The van der Waals surface area contributed by atoms with Gasteiger partial charge in [-0.05, 0) is 6.92 Å². The second kappa shape index (κ2) is 5.09. The van der Waals surface area contributed by atoms with Crippen LogP contribution in [0, 0.1) is 10.1 Å². The lowest BCUT2D eigenvalue weighted by molar-refractivity contribution is -0.386. The molecular formula is C10H10ClN5O2. The number of rotatable bonds is 4. The number of hydrogen-bond acceptors (Lipinski definition) is 5. The SMILES string of the molecule is CCn1ccnc1Cc1ncnc(Cl)c1[N+](=O)[O-]. The Hall–Kier alpha value is -2.02. The molecule has 0 saturated carbocycles. The van der Waals surface area contributed by atoms with Gasteiger partial charge >= 0.3 is 5.69 Å². The van der Waals surface area contributed by atoms with E-state index in [1.807, 2.05) is 17.7 Å². The van der Waals surface area contributed by atoms with Gasteiger partial charge in [-0.1, -0.05) is 11.6 Å². The first-order valence-electron chi connectivity index (χ1n) is 5.27. The molecule has 18 heavy (non-hydrogen) atoms. The van der Waals surface area contributed by atoms with Crippen LogP contribution in [0.15, 0.2) is 18.7 Å². The summed E-state index contributed by atoms with van der Waals surface area (Å²) in [5.41, 5.74) is 0.00530. The van der Waals surface area contributed by atoms with Crippen molar-refractivity contribution in [3.8, 4) is 0 Å². The molecule has 0 spiro atoms.